The number of aryl methyl sites for hydroxylation is 1. The van der Waals surface area contributed by atoms with Crippen LogP contribution in [0.1, 0.15) is 37.8 Å². The van der Waals surface area contributed by atoms with Gasteiger partial charge in [0, 0.05) is 12.0 Å². The molecule has 3 rings (SSSR count). The van der Waals surface area contributed by atoms with E-state index in [2.05, 4.69) is 6.58 Å². The third-order valence-electron chi connectivity index (χ3n) is 5.54. The zero-order valence-electron chi connectivity index (χ0n) is 15.2. The molecule has 0 spiro atoms. The minimum Gasteiger partial charge on any atom is -0.469 e. The summed E-state index contributed by atoms with van der Waals surface area (Å²) in [4.78, 5) is 12.2. The predicted molar refractivity (Wildman–Crippen MR) is 94.4 cm³/mol. The second kappa shape index (κ2) is 7.31. The molecule has 0 saturated carbocycles. The summed E-state index contributed by atoms with van der Waals surface area (Å²) in [5.41, 5.74) is -0.102. The van der Waals surface area contributed by atoms with Gasteiger partial charge in [-0.25, -0.2) is 8.78 Å². The smallest absolute Gasteiger partial charge is 0.189 e. The number of rotatable bonds is 6. The van der Waals surface area contributed by atoms with Crippen molar-refractivity contribution in [2.24, 2.45) is 11.8 Å². The number of carbonyl (C=O) groups is 1. The molecule has 140 valence electrons. The number of carbonyl (C=O) groups excluding carboxylic acids is 1. The van der Waals surface area contributed by atoms with Crippen LogP contribution in [0.2, 0.25) is 0 Å². The highest BCUT2D eigenvalue weighted by atomic mass is 19.1. The summed E-state index contributed by atoms with van der Waals surface area (Å²) in [5.74, 6) is -0.719. The molecule has 1 aliphatic heterocycles. The molecule has 1 heterocycles. The Balaban J connectivity index is 1.89. The topological polar surface area (TPSA) is 35.5 Å². The van der Waals surface area contributed by atoms with Crippen molar-refractivity contribution in [2.45, 2.75) is 45.1 Å². The van der Waals surface area contributed by atoms with Crippen LogP contribution >= 0.6 is 0 Å². The predicted octanol–water partition coefficient (Wildman–Crippen LogP) is 4.50. The van der Waals surface area contributed by atoms with Crippen molar-refractivity contribution in [1.82, 2.24) is 0 Å². The molecule has 0 bridgehead atoms. The van der Waals surface area contributed by atoms with E-state index in [0.717, 1.165) is 0 Å². The largest absolute Gasteiger partial charge is 0.469 e. The van der Waals surface area contributed by atoms with Gasteiger partial charge in [-0.3, -0.25) is 4.79 Å². The Morgan fingerprint density at radius 1 is 1.35 bits per heavy atom. The van der Waals surface area contributed by atoms with Gasteiger partial charge in [0.2, 0.25) is 0 Å². The van der Waals surface area contributed by atoms with Gasteiger partial charge in [0.05, 0.1) is 0 Å². The number of halogens is 2. The maximum absolute atomic E-state index is 14.4. The summed E-state index contributed by atoms with van der Waals surface area (Å²) >= 11 is 0. The van der Waals surface area contributed by atoms with E-state index < -0.39 is 17.2 Å². The highest BCUT2D eigenvalue weighted by molar-refractivity contribution is 5.93. The number of ether oxygens (including phenoxy) is 2. The van der Waals surface area contributed by atoms with Gasteiger partial charge in [-0.15, -0.1) is 6.58 Å². The third kappa shape index (κ3) is 3.20. The fraction of sp³-hybridized carbons (Fsp3) is 0.476. The number of hydrogen-bond donors (Lipinski definition) is 0. The lowest BCUT2D eigenvalue weighted by Crippen LogP contribution is -2.45. The van der Waals surface area contributed by atoms with Crippen LogP contribution in [0.4, 0.5) is 8.78 Å². The fourth-order valence-corrected chi connectivity index (χ4v) is 3.97. The Kier molecular flexibility index (Phi) is 5.28. The Hall–Kier alpha value is -2.01. The van der Waals surface area contributed by atoms with E-state index in [-0.39, 0.29) is 24.4 Å². The maximum Gasteiger partial charge on any atom is 0.189 e. The summed E-state index contributed by atoms with van der Waals surface area (Å²) in [6.07, 6.45) is 4.96. The van der Waals surface area contributed by atoms with E-state index in [1.807, 2.05) is 6.92 Å². The Morgan fingerprint density at radius 2 is 2.04 bits per heavy atom. The average molecular weight is 362 g/mol. The van der Waals surface area contributed by atoms with Crippen LogP contribution < -0.4 is 0 Å². The first-order chi connectivity index (χ1) is 12.4. The van der Waals surface area contributed by atoms with E-state index in [4.69, 9.17) is 9.47 Å². The SMILES string of the molecule is C=CC[C@H]1C[C@]2([C@@H](C)Cc3cc(F)c(CC)cc3F)OCOC2=CC1=O. The summed E-state index contributed by atoms with van der Waals surface area (Å²) in [6.45, 7) is 7.49. The minimum atomic E-state index is -0.784. The Bertz CT molecular complexity index is 756. The molecule has 1 aliphatic carbocycles. The highest BCUT2D eigenvalue weighted by Gasteiger charge is 2.51. The molecular weight excluding hydrogens is 338 g/mol. The van der Waals surface area contributed by atoms with Crippen LogP contribution in [-0.4, -0.2) is 18.2 Å². The fourth-order valence-electron chi connectivity index (χ4n) is 3.97. The molecule has 1 aromatic carbocycles. The van der Waals surface area contributed by atoms with Crippen molar-refractivity contribution in [2.75, 3.05) is 6.79 Å². The lowest BCUT2D eigenvalue weighted by molar-refractivity contribution is -0.123. The molecule has 0 amide bonds. The van der Waals surface area contributed by atoms with Crippen LogP contribution in [0, 0.1) is 23.5 Å². The van der Waals surface area contributed by atoms with E-state index in [1.54, 1.807) is 13.0 Å². The van der Waals surface area contributed by atoms with E-state index in [0.29, 0.717) is 42.6 Å². The molecule has 26 heavy (non-hydrogen) atoms. The van der Waals surface area contributed by atoms with Crippen molar-refractivity contribution in [3.63, 3.8) is 0 Å². The summed E-state index contributed by atoms with van der Waals surface area (Å²) < 4.78 is 40.0. The van der Waals surface area contributed by atoms with Crippen molar-refractivity contribution in [3.8, 4) is 0 Å². The van der Waals surface area contributed by atoms with Gasteiger partial charge in [0.1, 0.15) is 23.0 Å². The minimum absolute atomic E-state index is 0.00208. The molecule has 3 nitrogen and oxygen atoms in total. The molecule has 0 radical (unpaired) electrons. The highest BCUT2D eigenvalue weighted by Crippen LogP contribution is 2.46. The van der Waals surface area contributed by atoms with Gasteiger partial charge < -0.3 is 9.47 Å². The first-order valence-electron chi connectivity index (χ1n) is 9.01. The van der Waals surface area contributed by atoms with Crippen molar-refractivity contribution in [3.05, 3.63) is 59.4 Å². The van der Waals surface area contributed by atoms with E-state index >= 15 is 0 Å². The van der Waals surface area contributed by atoms with Crippen molar-refractivity contribution < 1.29 is 23.0 Å². The molecule has 0 N–H and O–H groups in total. The standard InChI is InChI=1S/C21H24F2O3/c1-4-6-15-11-21(20(10-19(15)24)25-12-26-21)13(3)7-16-9-17(22)14(5-2)8-18(16)23/h4,8-10,13,15H,1,5-7,11-12H2,2-3H3/t13-,15-,21+/m0/s1. The second-order valence-corrected chi connectivity index (χ2v) is 7.13. The zero-order chi connectivity index (χ0) is 18.9. The van der Waals surface area contributed by atoms with E-state index in [1.165, 1.54) is 18.2 Å². The summed E-state index contributed by atoms with van der Waals surface area (Å²) in [6, 6.07) is 2.54. The number of fused-ring (bicyclic) bond motifs is 1. The maximum atomic E-state index is 14.4. The van der Waals surface area contributed by atoms with Crippen LogP contribution in [0.5, 0.6) is 0 Å². The van der Waals surface area contributed by atoms with Crippen LogP contribution in [-0.2, 0) is 27.1 Å². The van der Waals surface area contributed by atoms with Gasteiger partial charge in [-0.1, -0.05) is 19.9 Å². The molecule has 0 aromatic heterocycles. The number of benzene rings is 1. The molecule has 0 unspecified atom stereocenters. The number of allylic oxidation sites excluding steroid dienone is 2. The quantitative estimate of drug-likeness (QED) is 0.699. The lowest BCUT2D eigenvalue weighted by Gasteiger charge is -2.38. The van der Waals surface area contributed by atoms with Crippen LogP contribution in [0.15, 0.2) is 36.6 Å². The first kappa shape index (κ1) is 18.8. The Morgan fingerprint density at radius 3 is 2.73 bits per heavy atom. The molecule has 5 heteroatoms. The molecule has 3 atom stereocenters. The number of ketones is 1. The van der Waals surface area contributed by atoms with Gasteiger partial charge >= 0.3 is 0 Å². The first-order valence-corrected chi connectivity index (χ1v) is 9.01. The number of hydrogen-bond acceptors (Lipinski definition) is 3. The van der Waals surface area contributed by atoms with Gasteiger partial charge in [-0.2, -0.15) is 0 Å². The van der Waals surface area contributed by atoms with E-state index in [9.17, 15) is 13.6 Å². The molecule has 1 aromatic rings. The monoisotopic (exact) mass is 362 g/mol. The van der Waals surface area contributed by atoms with Crippen molar-refractivity contribution in [1.29, 1.82) is 0 Å². The molecule has 1 saturated heterocycles. The summed E-state index contributed by atoms with van der Waals surface area (Å²) in [5, 5.41) is 0. The third-order valence-corrected chi connectivity index (χ3v) is 5.54. The lowest BCUT2D eigenvalue weighted by atomic mass is 9.71. The van der Waals surface area contributed by atoms with Crippen LogP contribution in [0.25, 0.3) is 0 Å². The summed E-state index contributed by atoms with van der Waals surface area (Å²) in [7, 11) is 0. The normalized spacial score (nSPS) is 26.1. The molecular formula is C21H24F2O3. The second-order valence-electron chi connectivity index (χ2n) is 7.13. The van der Waals surface area contributed by atoms with Crippen molar-refractivity contribution >= 4 is 5.78 Å². The van der Waals surface area contributed by atoms with Crippen LogP contribution in [0.3, 0.4) is 0 Å². The average Bonchev–Trinajstić information content (AvgIpc) is 3.02. The molecule has 1 fully saturated rings. The van der Waals surface area contributed by atoms with Gasteiger partial charge in [-0.05, 0) is 54.9 Å². The Labute approximate surface area is 152 Å². The molecule has 2 aliphatic rings. The van der Waals surface area contributed by atoms with Gasteiger partial charge in [0.15, 0.2) is 12.6 Å². The zero-order valence-corrected chi connectivity index (χ0v) is 15.2. The van der Waals surface area contributed by atoms with Gasteiger partial charge in [0.25, 0.3) is 0 Å².